The number of carbonyl (C=O) groups is 1. The zero-order valence-electron chi connectivity index (χ0n) is 12.6. The van der Waals surface area contributed by atoms with Gasteiger partial charge < -0.3 is 19.5 Å². The lowest BCUT2D eigenvalue weighted by atomic mass is 10.5. The molecule has 114 valence electrons. The van der Waals surface area contributed by atoms with Crippen LogP contribution in [0.3, 0.4) is 0 Å². The molecule has 0 saturated heterocycles. The minimum absolute atomic E-state index is 0.241. The second-order valence-corrected chi connectivity index (χ2v) is 8.20. The van der Waals surface area contributed by atoms with Gasteiger partial charge in [0.25, 0.3) is 0 Å². The molecular weight excluding hydrogens is 262 g/mol. The molecule has 0 fully saturated rings. The summed E-state index contributed by atoms with van der Waals surface area (Å²) in [6.07, 6.45) is 1.58. The largest absolute Gasteiger partial charge is 0.469 e. The minimum Gasteiger partial charge on any atom is -0.469 e. The maximum atomic E-state index is 10.8. The summed E-state index contributed by atoms with van der Waals surface area (Å²) < 4.78 is 15.1. The number of carbonyl (C=O) groups excluding carboxylic acids is 1. The van der Waals surface area contributed by atoms with E-state index in [0.29, 0.717) is 32.8 Å². The number of hydrogen-bond acceptors (Lipinski definition) is 5. The molecule has 0 saturated carbocycles. The van der Waals surface area contributed by atoms with E-state index < -0.39 is 0 Å². The van der Waals surface area contributed by atoms with Gasteiger partial charge in [-0.3, -0.25) is 4.79 Å². The van der Waals surface area contributed by atoms with Gasteiger partial charge in [-0.25, -0.2) is 0 Å². The molecule has 0 aliphatic carbocycles. The molecule has 1 N–H and O–H groups in total. The molecule has 5 nitrogen and oxygen atoms in total. The van der Waals surface area contributed by atoms with Crippen molar-refractivity contribution in [2.45, 2.75) is 32.0 Å². The predicted molar refractivity (Wildman–Crippen MR) is 79.4 cm³/mol. The van der Waals surface area contributed by atoms with E-state index in [0.717, 1.165) is 13.1 Å². The van der Waals surface area contributed by atoms with E-state index in [1.54, 1.807) is 0 Å². The van der Waals surface area contributed by atoms with Crippen LogP contribution in [0.25, 0.3) is 0 Å². The van der Waals surface area contributed by atoms with E-state index in [4.69, 9.17) is 9.47 Å². The van der Waals surface area contributed by atoms with Gasteiger partial charge in [-0.15, -0.1) is 0 Å². The Morgan fingerprint density at radius 1 is 1.05 bits per heavy atom. The third kappa shape index (κ3) is 15.5. The van der Waals surface area contributed by atoms with Crippen LogP contribution in [-0.4, -0.2) is 61.4 Å². The van der Waals surface area contributed by atoms with E-state index in [9.17, 15) is 4.79 Å². The molecule has 0 atom stereocenters. The Morgan fingerprint density at radius 3 is 2.37 bits per heavy atom. The van der Waals surface area contributed by atoms with Gasteiger partial charge in [0.05, 0.1) is 40.0 Å². The van der Waals surface area contributed by atoms with Crippen molar-refractivity contribution in [3.05, 3.63) is 0 Å². The molecule has 0 radical (unpaired) electrons. The van der Waals surface area contributed by atoms with E-state index in [1.807, 2.05) is 0 Å². The van der Waals surface area contributed by atoms with Crippen LogP contribution in [-0.2, 0) is 19.0 Å². The van der Waals surface area contributed by atoms with Crippen molar-refractivity contribution in [1.82, 2.24) is 5.32 Å². The third-order valence-corrected chi connectivity index (χ3v) is 4.17. The van der Waals surface area contributed by atoms with Crippen molar-refractivity contribution >= 4 is 14.8 Å². The number of esters is 1. The highest BCUT2D eigenvalue weighted by Crippen LogP contribution is 1.94. The average molecular weight is 291 g/mol. The van der Waals surface area contributed by atoms with Gasteiger partial charge in [0, 0.05) is 15.3 Å². The summed E-state index contributed by atoms with van der Waals surface area (Å²) in [5.41, 5.74) is 0. The van der Waals surface area contributed by atoms with Gasteiger partial charge in [-0.1, -0.05) is 19.1 Å². The Morgan fingerprint density at radius 2 is 1.74 bits per heavy atom. The number of hydrogen-bond donors (Lipinski definition) is 1. The fraction of sp³-hybridized carbons (Fsp3) is 0.923. The molecule has 0 aromatic heterocycles. The maximum absolute atomic E-state index is 10.8. The first-order valence-electron chi connectivity index (χ1n) is 7.09. The summed E-state index contributed by atoms with van der Waals surface area (Å²) in [5, 5.41) is 3.36. The van der Waals surface area contributed by atoms with E-state index >= 15 is 0 Å². The lowest BCUT2D eigenvalue weighted by Gasteiger charge is -2.07. The lowest BCUT2D eigenvalue weighted by Crippen LogP contribution is -2.22. The Kier molecular flexibility index (Phi) is 13.7. The molecule has 0 aromatic rings. The van der Waals surface area contributed by atoms with Crippen molar-refractivity contribution in [3.63, 3.8) is 0 Å². The summed E-state index contributed by atoms with van der Waals surface area (Å²) in [6.45, 7) is 8.93. The van der Waals surface area contributed by atoms with Crippen molar-refractivity contribution in [2.75, 3.05) is 46.6 Å². The third-order valence-electron chi connectivity index (χ3n) is 2.61. The minimum atomic E-state index is -0.382. The van der Waals surface area contributed by atoms with E-state index in [1.165, 1.54) is 19.6 Å². The first-order valence-corrected chi connectivity index (χ1v) is 10.2. The fourth-order valence-corrected chi connectivity index (χ4v) is 2.50. The highest BCUT2D eigenvalue weighted by Gasteiger charge is 1.99. The van der Waals surface area contributed by atoms with Crippen LogP contribution in [0.5, 0.6) is 0 Å². The van der Waals surface area contributed by atoms with Crippen LogP contribution in [0, 0.1) is 0 Å². The second-order valence-electron chi connectivity index (χ2n) is 4.84. The van der Waals surface area contributed by atoms with Crippen LogP contribution in [0.1, 0.15) is 12.8 Å². The van der Waals surface area contributed by atoms with Gasteiger partial charge in [0.2, 0.25) is 0 Å². The fourth-order valence-electron chi connectivity index (χ4n) is 1.48. The highest BCUT2D eigenvalue weighted by molar-refractivity contribution is 6.55. The molecule has 0 aliphatic heterocycles. The highest BCUT2D eigenvalue weighted by atomic mass is 28.3. The molecule has 0 heterocycles. The first kappa shape index (κ1) is 18.6. The topological polar surface area (TPSA) is 56.8 Å². The SMILES string of the molecule is COC(=O)CCOCCOCCNCCC[SiH](C)C. The van der Waals surface area contributed by atoms with Gasteiger partial charge in [-0.2, -0.15) is 0 Å². The van der Waals surface area contributed by atoms with Crippen molar-refractivity contribution < 1.29 is 19.0 Å². The van der Waals surface area contributed by atoms with Crippen LogP contribution in [0.4, 0.5) is 0 Å². The monoisotopic (exact) mass is 291 g/mol. The molecule has 0 amide bonds. The van der Waals surface area contributed by atoms with Crippen molar-refractivity contribution in [2.24, 2.45) is 0 Å². The normalized spacial score (nSPS) is 10.9. The van der Waals surface area contributed by atoms with Gasteiger partial charge in [0.15, 0.2) is 0 Å². The van der Waals surface area contributed by atoms with Gasteiger partial charge in [-0.05, 0) is 13.0 Å². The van der Waals surface area contributed by atoms with Gasteiger partial charge >= 0.3 is 5.97 Å². The zero-order valence-corrected chi connectivity index (χ0v) is 13.7. The van der Waals surface area contributed by atoms with Crippen LogP contribution < -0.4 is 5.32 Å². The predicted octanol–water partition coefficient (Wildman–Crippen LogP) is 1.05. The summed E-state index contributed by atoms with van der Waals surface area (Å²) in [4.78, 5) is 10.8. The summed E-state index contributed by atoms with van der Waals surface area (Å²) in [6, 6.07) is 1.40. The van der Waals surface area contributed by atoms with Crippen molar-refractivity contribution in [1.29, 1.82) is 0 Å². The van der Waals surface area contributed by atoms with Crippen molar-refractivity contribution in [3.8, 4) is 0 Å². The molecule has 0 bridgehead atoms. The number of rotatable bonds is 13. The maximum Gasteiger partial charge on any atom is 0.307 e. The Bertz CT molecular complexity index is 215. The molecule has 0 aliphatic rings. The molecule has 6 heteroatoms. The molecule has 0 spiro atoms. The first-order chi connectivity index (χ1) is 9.16. The summed E-state index contributed by atoms with van der Waals surface area (Å²) in [5.74, 6) is -0.241. The van der Waals surface area contributed by atoms with Crippen LogP contribution in [0.2, 0.25) is 19.1 Å². The summed E-state index contributed by atoms with van der Waals surface area (Å²) >= 11 is 0. The smallest absolute Gasteiger partial charge is 0.307 e. The van der Waals surface area contributed by atoms with Gasteiger partial charge in [0.1, 0.15) is 0 Å². The second kappa shape index (κ2) is 14.0. The van der Waals surface area contributed by atoms with Crippen LogP contribution in [0.15, 0.2) is 0 Å². The molecule has 0 unspecified atom stereocenters. The number of ether oxygens (including phenoxy) is 3. The van der Waals surface area contributed by atoms with E-state index in [2.05, 4.69) is 23.1 Å². The Hall–Kier alpha value is -0.433. The number of nitrogens with one attached hydrogen (secondary N) is 1. The zero-order chi connectivity index (χ0) is 14.3. The van der Waals surface area contributed by atoms with E-state index in [-0.39, 0.29) is 14.8 Å². The average Bonchev–Trinajstić information content (AvgIpc) is 2.39. The number of methoxy groups -OCH3 is 1. The Labute approximate surface area is 118 Å². The molecule has 0 aromatic carbocycles. The Balaban J connectivity index is 3.01. The standard InChI is InChI=1S/C13H29NO4Si/c1-16-13(15)5-8-17-10-11-18-9-7-14-6-4-12-19(2)3/h14,19H,4-12H2,1-3H3. The summed E-state index contributed by atoms with van der Waals surface area (Å²) in [7, 11) is 0.994. The molecule has 19 heavy (non-hydrogen) atoms. The molecule has 0 rings (SSSR count). The molecular formula is C13H29NO4Si. The quantitative estimate of drug-likeness (QED) is 0.312. The lowest BCUT2D eigenvalue weighted by molar-refractivity contribution is -0.141. The van der Waals surface area contributed by atoms with Crippen LogP contribution >= 0.6 is 0 Å².